The Hall–Kier alpha value is -2.05. The number of aromatic carboxylic acids is 1. The molecule has 0 unspecified atom stereocenters. The summed E-state index contributed by atoms with van der Waals surface area (Å²) in [6, 6.07) is 8.09. The van der Waals surface area contributed by atoms with Gasteiger partial charge in [0.2, 0.25) is 0 Å². The van der Waals surface area contributed by atoms with Crippen molar-refractivity contribution in [2.75, 3.05) is 11.9 Å². The average Bonchev–Trinajstić information content (AvgIpc) is 2.85. The summed E-state index contributed by atoms with van der Waals surface area (Å²) in [5, 5.41) is 13.8. The van der Waals surface area contributed by atoms with Crippen molar-refractivity contribution < 1.29 is 19.4 Å². The van der Waals surface area contributed by atoms with E-state index in [2.05, 4.69) is 5.32 Å². The molecule has 0 spiro atoms. The zero-order valence-corrected chi connectivity index (χ0v) is 11.7. The van der Waals surface area contributed by atoms with Crippen LogP contribution in [0, 0.1) is 0 Å². The van der Waals surface area contributed by atoms with Crippen LogP contribution in [0.5, 0.6) is 5.75 Å². The molecule has 0 saturated heterocycles. The predicted molar refractivity (Wildman–Crippen MR) is 76.9 cm³/mol. The van der Waals surface area contributed by atoms with Crippen molar-refractivity contribution in [1.82, 2.24) is 0 Å². The number of rotatable bonds is 5. The zero-order chi connectivity index (χ0) is 14.5. The van der Waals surface area contributed by atoms with Gasteiger partial charge >= 0.3 is 5.97 Å². The van der Waals surface area contributed by atoms with Crippen molar-refractivity contribution in [1.29, 1.82) is 0 Å². The number of hydrogen-bond donors (Lipinski definition) is 2. The topological polar surface area (TPSA) is 75.6 Å². The Labute approximate surface area is 123 Å². The molecule has 0 aliphatic heterocycles. The molecule has 5 nitrogen and oxygen atoms in total. The lowest BCUT2D eigenvalue weighted by molar-refractivity contribution is -0.118. The molecule has 1 heterocycles. The van der Waals surface area contributed by atoms with Crippen LogP contribution in [0.4, 0.5) is 5.00 Å². The van der Waals surface area contributed by atoms with Gasteiger partial charge in [0.1, 0.15) is 10.8 Å². The van der Waals surface area contributed by atoms with Crippen molar-refractivity contribution in [3.05, 3.63) is 46.3 Å². The van der Waals surface area contributed by atoms with Crippen LogP contribution in [0.2, 0.25) is 5.02 Å². The van der Waals surface area contributed by atoms with Crippen molar-refractivity contribution in [3.8, 4) is 5.75 Å². The lowest BCUT2D eigenvalue weighted by Crippen LogP contribution is -2.20. The summed E-state index contributed by atoms with van der Waals surface area (Å²) in [5.41, 5.74) is 0.0612. The minimum absolute atomic E-state index is 0.0612. The van der Waals surface area contributed by atoms with Gasteiger partial charge in [-0.2, -0.15) is 0 Å². The highest BCUT2D eigenvalue weighted by Crippen LogP contribution is 2.23. The first-order valence-electron chi connectivity index (χ1n) is 5.55. The van der Waals surface area contributed by atoms with E-state index in [9.17, 15) is 9.59 Å². The fourth-order valence-corrected chi connectivity index (χ4v) is 2.42. The third-order valence-corrected chi connectivity index (χ3v) is 3.38. The summed E-state index contributed by atoms with van der Waals surface area (Å²) in [5.74, 6) is -1.05. The molecule has 0 saturated carbocycles. The third kappa shape index (κ3) is 3.72. The number of anilines is 1. The number of nitrogens with one attached hydrogen (secondary N) is 1. The molecule has 2 aromatic rings. The number of hydrogen-bond acceptors (Lipinski definition) is 4. The van der Waals surface area contributed by atoms with Gasteiger partial charge in [0.25, 0.3) is 5.91 Å². The maximum atomic E-state index is 11.7. The van der Waals surface area contributed by atoms with E-state index >= 15 is 0 Å². The Kier molecular flexibility index (Phi) is 4.60. The average molecular weight is 312 g/mol. The van der Waals surface area contributed by atoms with Crippen LogP contribution >= 0.6 is 22.9 Å². The maximum Gasteiger partial charge on any atom is 0.338 e. The smallest absolute Gasteiger partial charge is 0.338 e. The number of thiophene rings is 1. The molecule has 0 bridgehead atoms. The van der Waals surface area contributed by atoms with Crippen molar-refractivity contribution >= 4 is 39.8 Å². The molecule has 7 heteroatoms. The number of halogens is 1. The second kappa shape index (κ2) is 6.40. The first kappa shape index (κ1) is 14.4. The number of ether oxygens (including phenoxy) is 1. The molecular formula is C13H10ClNO4S. The number of amides is 1. The van der Waals surface area contributed by atoms with Crippen LogP contribution in [0.3, 0.4) is 0 Å². The molecule has 0 radical (unpaired) electrons. The van der Waals surface area contributed by atoms with E-state index < -0.39 is 11.9 Å². The van der Waals surface area contributed by atoms with Gasteiger partial charge in [-0.05, 0) is 29.6 Å². The Morgan fingerprint density at radius 1 is 1.35 bits per heavy atom. The monoisotopic (exact) mass is 311 g/mol. The van der Waals surface area contributed by atoms with E-state index in [1.165, 1.54) is 6.07 Å². The first-order chi connectivity index (χ1) is 9.56. The van der Waals surface area contributed by atoms with Gasteiger partial charge in [-0.25, -0.2) is 4.79 Å². The summed E-state index contributed by atoms with van der Waals surface area (Å²) >= 11 is 6.93. The number of carbonyl (C=O) groups excluding carboxylic acids is 1. The van der Waals surface area contributed by atoms with Crippen LogP contribution in [-0.4, -0.2) is 23.6 Å². The first-order valence-corrected chi connectivity index (χ1v) is 6.81. The number of carboxylic acids is 1. The number of benzene rings is 1. The second-order valence-electron chi connectivity index (χ2n) is 3.76. The van der Waals surface area contributed by atoms with Crippen molar-refractivity contribution in [3.63, 3.8) is 0 Å². The summed E-state index contributed by atoms with van der Waals surface area (Å²) in [7, 11) is 0. The summed E-state index contributed by atoms with van der Waals surface area (Å²) < 4.78 is 5.26. The number of carbonyl (C=O) groups is 2. The molecule has 104 valence electrons. The molecule has 1 amide bonds. The fourth-order valence-electron chi connectivity index (χ4n) is 1.44. The molecule has 1 aromatic carbocycles. The molecule has 0 aliphatic rings. The standard InChI is InChI=1S/C13H10ClNO4S/c14-8-2-1-3-9(6-8)19-7-11(16)15-12-10(13(17)18)4-5-20-12/h1-6H,7H2,(H,15,16)(H,17,18). The summed E-state index contributed by atoms with van der Waals surface area (Å²) in [6.07, 6.45) is 0. The van der Waals surface area contributed by atoms with Crippen LogP contribution in [0.25, 0.3) is 0 Å². The molecule has 2 N–H and O–H groups in total. The van der Waals surface area contributed by atoms with Gasteiger partial charge in [-0.1, -0.05) is 17.7 Å². The van der Waals surface area contributed by atoms with E-state index in [1.807, 2.05) is 0 Å². The minimum atomic E-state index is -1.09. The van der Waals surface area contributed by atoms with Crippen LogP contribution < -0.4 is 10.1 Å². The van der Waals surface area contributed by atoms with Gasteiger partial charge in [-0.15, -0.1) is 11.3 Å². The normalized spacial score (nSPS) is 10.1. The largest absolute Gasteiger partial charge is 0.484 e. The summed E-state index contributed by atoms with van der Waals surface area (Å²) in [4.78, 5) is 22.6. The Bertz CT molecular complexity index is 641. The van der Waals surface area contributed by atoms with Crippen LogP contribution in [-0.2, 0) is 4.79 Å². The van der Waals surface area contributed by atoms with E-state index in [-0.39, 0.29) is 17.2 Å². The lowest BCUT2D eigenvalue weighted by atomic mass is 10.3. The SMILES string of the molecule is O=C(COc1cccc(Cl)c1)Nc1sccc1C(=O)O. The molecule has 1 aromatic heterocycles. The maximum absolute atomic E-state index is 11.7. The Morgan fingerprint density at radius 2 is 2.15 bits per heavy atom. The predicted octanol–water partition coefficient (Wildman–Crippen LogP) is 3.12. The van der Waals surface area contributed by atoms with E-state index in [1.54, 1.807) is 29.6 Å². The van der Waals surface area contributed by atoms with Gasteiger partial charge in [0.15, 0.2) is 6.61 Å². The van der Waals surface area contributed by atoms with Gasteiger partial charge in [0, 0.05) is 5.02 Å². The second-order valence-corrected chi connectivity index (χ2v) is 5.12. The van der Waals surface area contributed by atoms with Gasteiger partial charge in [-0.3, -0.25) is 4.79 Å². The molecule has 0 atom stereocenters. The van der Waals surface area contributed by atoms with Crippen LogP contribution in [0.15, 0.2) is 35.7 Å². The lowest BCUT2D eigenvalue weighted by Gasteiger charge is -2.07. The fraction of sp³-hybridized carbons (Fsp3) is 0.0769. The Balaban J connectivity index is 1.93. The van der Waals surface area contributed by atoms with Gasteiger partial charge < -0.3 is 15.2 Å². The third-order valence-electron chi connectivity index (χ3n) is 2.31. The molecule has 0 fully saturated rings. The quantitative estimate of drug-likeness (QED) is 0.889. The molecule has 0 aliphatic carbocycles. The van der Waals surface area contributed by atoms with Crippen molar-refractivity contribution in [2.45, 2.75) is 0 Å². The highest BCUT2D eigenvalue weighted by atomic mass is 35.5. The zero-order valence-electron chi connectivity index (χ0n) is 10.1. The highest BCUT2D eigenvalue weighted by Gasteiger charge is 2.14. The van der Waals surface area contributed by atoms with E-state index in [4.69, 9.17) is 21.4 Å². The molecular weight excluding hydrogens is 302 g/mol. The Morgan fingerprint density at radius 3 is 2.85 bits per heavy atom. The van der Waals surface area contributed by atoms with Gasteiger partial charge in [0.05, 0.1) is 5.56 Å². The summed E-state index contributed by atoms with van der Waals surface area (Å²) in [6.45, 7) is -0.225. The van der Waals surface area contributed by atoms with E-state index in [0.29, 0.717) is 10.8 Å². The minimum Gasteiger partial charge on any atom is -0.484 e. The number of carboxylic acid groups (broad SMARTS) is 1. The van der Waals surface area contributed by atoms with Crippen molar-refractivity contribution in [2.24, 2.45) is 0 Å². The molecule has 20 heavy (non-hydrogen) atoms. The van der Waals surface area contributed by atoms with Crippen LogP contribution in [0.1, 0.15) is 10.4 Å². The highest BCUT2D eigenvalue weighted by molar-refractivity contribution is 7.14. The van der Waals surface area contributed by atoms with E-state index in [0.717, 1.165) is 11.3 Å². The molecule has 2 rings (SSSR count).